The molecule has 0 radical (unpaired) electrons. The molecule has 2 amide bonds. The van der Waals surface area contributed by atoms with Crippen LogP contribution in [0.25, 0.3) is 0 Å². The molecule has 0 N–H and O–H groups in total. The molecular weight excluding hydrogens is 701 g/mol. The third-order valence-electron chi connectivity index (χ3n) is 9.21. The molecule has 2 fully saturated rings. The Morgan fingerprint density at radius 3 is 1.55 bits per heavy atom. The van der Waals surface area contributed by atoms with E-state index in [9.17, 15) is 9.59 Å². The summed E-state index contributed by atoms with van der Waals surface area (Å²) < 4.78 is 24.4. The molecule has 0 bridgehead atoms. The first kappa shape index (κ1) is 37.5. The standard InChI is InChI=1S/C34H48N3O6.3CH3.Sn/c1-31(2)24-42-33(5,6)36(31)29(38)40-20-19-28(23-41-30(39)37-32(3,4)25-43-34(37,7)8)35(21-26-15-11-9-12-16-26)22-27-17-13-10-14-18-27;;;;/h9-18,23,28H,19-22,24-25H2,1-8H3;3*1H3;/t28-;;;;/m0..../s1. The maximum absolute atomic E-state index is 14.2. The quantitative estimate of drug-likeness (QED) is 0.218. The van der Waals surface area contributed by atoms with Crippen molar-refractivity contribution in [2.24, 2.45) is 0 Å². The molecule has 0 spiro atoms. The first-order valence-electron chi connectivity index (χ1n) is 16.8. The third kappa shape index (κ3) is 9.02. The van der Waals surface area contributed by atoms with Gasteiger partial charge in [-0.15, -0.1) is 0 Å². The van der Waals surface area contributed by atoms with E-state index in [0.717, 1.165) is 11.1 Å². The molecule has 2 aliphatic heterocycles. The molecule has 4 rings (SSSR count). The molecule has 9 nitrogen and oxygen atoms in total. The Bertz CT molecular complexity index is 1290. The van der Waals surface area contributed by atoms with Crippen molar-refractivity contribution in [2.75, 3.05) is 19.8 Å². The van der Waals surface area contributed by atoms with Crippen LogP contribution in [0.4, 0.5) is 9.59 Å². The summed E-state index contributed by atoms with van der Waals surface area (Å²) >= 11 is -3.13. The number of carbonyl (C=O) groups excluding carboxylic acids is 2. The normalized spacial score (nSPS) is 21.0. The number of hydrogen-bond acceptors (Lipinski definition) is 7. The number of hydrogen-bond donors (Lipinski definition) is 0. The molecule has 0 aromatic heterocycles. The zero-order chi connectivity index (χ0) is 34.8. The molecule has 2 saturated heterocycles. The molecule has 2 aromatic carbocycles. The van der Waals surface area contributed by atoms with E-state index in [-0.39, 0.29) is 22.9 Å². The molecule has 2 aromatic rings. The minimum atomic E-state index is -3.13. The summed E-state index contributed by atoms with van der Waals surface area (Å²) in [7, 11) is 0. The van der Waals surface area contributed by atoms with Gasteiger partial charge in [-0.3, -0.25) is 0 Å². The van der Waals surface area contributed by atoms with Crippen molar-refractivity contribution in [3.63, 3.8) is 0 Å². The Hall–Kier alpha value is -2.34. The van der Waals surface area contributed by atoms with Gasteiger partial charge in [0.1, 0.15) is 0 Å². The predicted octanol–water partition coefficient (Wildman–Crippen LogP) is 7.66. The fourth-order valence-electron chi connectivity index (χ4n) is 7.13. The van der Waals surface area contributed by atoms with Gasteiger partial charge in [-0.1, -0.05) is 0 Å². The van der Waals surface area contributed by atoms with Crippen LogP contribution in [-0.2, 0) is 32.0 Å². The van der Waals surface area contributed by atoms with E-state index >= 15 is 0 Å². The summed E-state index contributed by atoms with van der Waals surface area (Å²) in [5, 5.41) is 0. The molecule has 47 heavy (non-hydrogen) atoms. The molecular formula is C37H57N3O6Sn. The van der Waals surface area contributed by atoms with E-state index in [1.807, 2.05) is 91.8 Å². The second kappa shape index (κ2) is 14.3. The van der Waals surface area contributed by atoms with Crippen LogP contribution in [0.3, 0.4) is 0 Å². The number of nitrogens with zero attached hydrogens (tertiary/aromatic N) is 3. The van der Waals surface area contributed by atoms with E-state index in [4.69, 9.17) is 18.9 Å². The summed E-state index contributed by atoms with van der Waals surface area (Å²) in [6, 6.07) is 20.5. The topological polar surface area (TPSA) is 80.8 Å². The van der Waals surface area contributed by atoms with Crippen LogP contribution in [0.1, 0.15) is 72.9 Å². The molecule has 10 heteroatoms. The molecule has 2 atom stereocenters. The molecule has 0 unspecified atom stereocenters. The third-order valence-corrected chi connectivity index (χ3v) is 15.5. The van der Waals surface area contributed by atoms with Crippen LogP contribution in [0, 0.1) is 0 Å². The van der Waals surface area contributed by atoms with Crippen LogP contribution in [-0.4, -0.2) is 97.8 Å². The zero-order valence-electron chi connectivity index (χ0n) is 30.5. The van der Waals surface area contributed by atoms with Gasteiger partial charge in [0.2, 0.25) is 0 Å². The van der Waals surface area contributed by atoms with Crippen LogP contribution >= 0.6 is 0 Å². The molecule has 2 aliphatic rings. The van der Waals surface area contributed by atoms with Crippen molar-refractivity contribution >= 4 is 30.6 Å². The Labute approximate surface area is 286 Å². The van der Waals surface area contributed by atoms with Crippen molar-refractivity contribution in [3.8, 4) is 0 Å². The van der Waals surface area contributed by atoms with Gasteiger partial charge in [0.15, 0.2) is 0 Å². The number of carbonyl (C=O) groups is 2. The molecule has 260 valence electrons. The molecule has 0 saturated carbocycles. The van der Waals surface area contributed by atoms with Crippen LogP contribution in [0.2, 0.25) is 14.8 Å². The van der Waals surface area contributed by atoms with Crippen molar-refractivity contribution in [1.29, 1.82) is 0 Å². The van der Waals surface area contributed by atoms with Gasteiger partial charge < -0.3 is 0 Å². The van der Waals surface area contributed by atoms with Crippen molar-refractivity contribution in [3.05, 3.63) is 71.8 Å². The Morgan fingerprint density at radius 2 is 1.17 bits per heavy atom. The van der Waals surface area contributed by atoms with Gasteiger partial charge >= 0.3 is 288 Å². The fourth-order valence-corrected chi connectivity index (χ4v) is 12.8. The van der Waals surface area contributed by atoms with E-state index in [1.54, 1.807) is 9.80 Å². The van der Waals surface area contributed by atoms with E-state index in [2.05, 4.69) is 44.0 Å². The van der Waals surface area contributed by atoms with Crippen LogP contribution < -0.4 is 0 Å². The Morgan fingerprint density at radius 1 is 0.745 bits per heavy atom. The summed E-state index contributed by atoms with van der Waals surface area (Å²) in [6.45, 7) is 17.9. The summed E-state index contributed by atoms with van der Waals surface area (Å²) in [6.07, 6.45) is -0.274. The average molecular weight is 759 g/mol. The SMILES string of the molecule is CC1(C)COC(C)(C)N1C(=O)OCC[C@@H]([C@@H](OC(=O)N1C(C)(C)COC1(C)C)[Sn]([CH3])([CH3])[CH3])N(Cc1ccccc1)Cc1ccccc1. The van der Waals surface area contributed by atoms with Gasteiger partial charge in [0.05, 0.1) is 0 Å². The van der Waals surface area contributed by atoms with Crippen molar-refractivity contribution < 1.29 is 28.5 Å². The van der Waals surface area contributed by atoms with Crippen LogP contribution in [0.15, 0.2) is 60.7 Å². The number of amides is 2. The number of ether oxygens (including phenoxy) is 4. The van der Waals surface area contributed by atoms with Gasteiger partial charge in [0, 0.05) is 0 Å². The maximum atomic E-state index is 14.2. The number of benzene rings is 2. The summed E-state index contributed by atoms with van der Waals surface area (Å²) in [5.74, 6) is 0. The van der Waals surface area contributed by atoms with E-state index in [1.165, 1.54) is 0 Å². The van der Waals surface area contributed by atoms with Crippen molar-refractivity contribution in [2.45, 2.75) is 122 Å². The van der Waals surface area contributed by atoms with Gasteiger partial charge in [-0.2, -0.15) is 0 Å². The first-order chi connectivity index (χ1) is 21.7. The zero-order valence-corrected chi connectivity index (χ0v) is 33.3. The van der Waals surface area contributed by atoms with Gasteiger partial charge in [-0.05, 0) is 0 Å². The average Bonchev–Trinajstić information content (AvgIpc) is 3.34. The first-order valence-corrected chi connectivity index (χ1v) is 27.0. The van der Waals surface area contributed by atoms with E-state index in [0.29, 0.717) is 32.7 Å². The second-order valence-corrected chi connectivity index (χ2v) is 31.4. The second-order valence-electron chi connectivity index (χ2n) is 16.3. The van der Waals surface area contributed by atoms with Crippen molar-refractivity contribution in [1.82, 2.24) is 14.7 Å². The van der Waals surface area contributed by atoms with Crippen LogP contribution in [0.5, 0.6) is 0 Å². The Kier molecular flexibility index (Phi) is 11.4. The monoisotopic (exact) mass is 759 g/mol. The van der Waals surface area contributed by atoms with Gasteiger partial charge in [-0.25, -0.2) is 0 Å². The minimum absolute atomic E-state index is 0.173. The van der Waals surface area contributed by atoms with Gasteiger partial charge in [0.25, 0.3) is 0 Å². The summed E-state index contributed by atoms with van der Waals surface area (Å²) in [4.78, 5) is 40.6. The summed E-state index contributed by atoms with van der Waals surface area (Å²) in [5.41, 5.74) is -0.266. The van der Waals surface area contributed by atoms with E-state index < -0.39 is 47.0 Å². The number of rotatable bonds is 11. The molecule has 2 heterocycles. The Balaban J connectivity index is 1.70. The fraction of sp³-hybridized carbons (Fsp3) is 0.622. The molecule has 0 aliphatic carbocycles. The predicted molar refractivity (Wildman–Crippen MR) is 187 cm³/mol.